The van der Waals surface area contributed by atoms with E-state index in [1.165, 1.54) is 0 Å². The first-order chi connectivity index (χ1) is 20.2. The third kappa shape index (κ3) is 6.97. The highest BCUT2D eigenvalue weighted by atomic mass is 19.1. The summed E-state index contributed by atoms with van der Waals surface area (Å²) >= 11 is 0. The van der Waals surface area contributed by atoms with Crippen LogP contribution in [0.5, 0.6) is 0 Å². The molecule has 0 bridgehead atoms. The Bertz CT molecular complexity index is 1250. The second-order valence-electron chi connectivity index (χ2n) is 12.6. The quantitative estimate of drug-likeness (QED) is 0.433. The van der Waals surface area contributed by atoms with Gasteiger partial charge in [0.05, 0.1) is 5.92 Å². The van der Waals surface area contributed by atoms with Crippen LogP contribution in [0.2, 0.25) is 0 Å². The van der Waals surface area contributed by atoms with E-state index >= 15 is 0 Å². The largest absolute Gasteiger partial charge is 0.381 e. The number of amides is 2. The van der Waals surface area contributed by atoms with Crippen LogP contribution in [0.25, 0.3) is 11.1 Å². The van der Waals surface area contributed by atoms with Gasteiger partial charge in [0.25, 0.3) is 5.91 Å². The van der Waals surface area contributed by atoms with Gasteiger partial charge in [0.2, 0.25) is 5.91 Å². The summed E-state index contributed by atoms with van der Waals surface area (Å²) in [5, 5.41) is 6.14. The van der Waals surface area contributed by atoms with Crippen LogP contribution in [0.1, 0.15) is 67.9 Å². The van der Waals surface area contributed by atoms with Gasteiger partial charge in [-0.2, -0.15) is 0 Å². The molecule has 0 saturated carbocycles. The van der Waals surface area contributed by atoms with Crippen LogP contribution in [0.4, 0.5) is 10.1 Å². The lowest BCUT2D eigenvalue weighted by Crippen LogP contribution is -2.50. The van der Waals surface area contributed by atoms with E-state index in [2.05, 4.69) is 64.6 Å². The fourth-order valence-electron chi connectivity index (χ4n) is 6.99. The van der Waals surface area contributed by atoms with Gasteiger partial charge >= 0.3 is 0 Å². The minimum absolute atomic E-state index is 0.0143. The highest BCUT2D eigenvalue weighted by molar-refractivity contribution is 5.99. The van der Waals surface area contributed by atoms with Crippen molar-refractivity contribution in [3.8, 4) is 11.1 Å². The topological polar surface area (TPSA) is 73.9 Å². The third-order valence-electron chi connectivity index (χ3n) is 9.44. The number of carbonyl (C=O) groups excluding carboxylic acids is 2. The third-order valence-corrected chi connectivity index (χ3v) is 9.44. The average molecular weight is 579 g/mol. The minimum Gasteiger partial charge on any atom is -0.381 e. The molecule has 228 valence electrons. The molecule has 42 heavy (non-hydrogen) atoms. The van der Waals surface area contributed by atoms with E-state index in [4.69, 9.17) is 4.74 Å². The summed E-state index contributed by atoms with van der Waals surface area (Å²) in [6, 6.07) is 13.1. The number of rotatable bonds is 9. The first-order valence-electron chi connectivity index (χ1n) is 15.8. The van der Waals surface area contributed by atoms with Crippen LogP contribution in [-0.4, -0.2) is 74.4 Å². The highest BCUT2D eigenvalue weighted by Gasteiger charge is 2.33. The molecule has 3 aliphatic heterocycles. The van der Waals surface area contributed by atoms with Gasteiger partial charge in [0.1, 0.15) is 6.17 Å². The Morgan fingerprint density at radius 3 is 2.50 bits per heavy atom. The fraction of sp³-hybridized carbons (Fsp3) is 0.588. The number of piperidine rings is 1. The van der Waals surface area contributed by atoms with Crippen molar-refractivity contribution >= 4 is 17.5 Å². The van der Waals surface area contributed by atoms with Gasteiger partial charge in [-0.3, -0.25) is 14.5 Å². The number of carbonyl (C=O) groups is 2. The Kier molecular flexibility index (Phi) is 9.84. The van der Waals surface area contributed by atoms with E-state index in [9.17, 15) is 14.0 Å². The molecule has 3 saturated heterocycles. The average Bonchev–Trinajstić information content (AvgIpc) is 3.38. The summed E-state index contributed by atoms with van der Waals surface area (Å²) in [6.45, 7) is 13.0. The van der Waals surface area contributed by atoms with Gasteiger partial charge in [0.15, 0.2) is 0 Å². The lowest BCUT2D eigenvalue weighted by Gasteiger charge is -2.37. The molecule has 0 aromatic heterocycles. The van der Waals surface area contributed by atoms with Gasteiger partial charge < -0.3 is 20.3 Å². The predicted octanol–water partition coefficient (Wildman–Crippen LogP) is 5.10. The lowest BCUT2D eigenvalue weighted by atomic mass is 9.84. The fourth-order valence-corrected chi connectivity index (χ4v) is 6.99. The number of halogens is 1. The number of hydrogen-bond acceptors (Lipinski definition) is 5. The highest BCUT2D eigenvalue weighted by Crippen LogP contribution is 2.34. The van der Waals surface area contributed by atoms with Crippen LogP contribution in [0.3, 0.4) is 0 Å². The first-order valence-corrected chi connectivity index (χ1v) is 15.8. The monoisotopic (exact) mass is 578 g/mol. The molecular formula is C34H47FN4O3. The van der Waals surface area contributed by atoms with Crippen molar-refractivity contribution in [2.75, 3.05) is 44.3 Å². The molecule has 3 fully saturated rings. The van der Waals surface area contributed by atoms with Crippen LogP contribution >= 0.6 is 0 Å². The van der Waals surface area contributed by atoms with Gasteiger partial charge in [-0.25, -0.2) is 4.39 Å². The first kappa shape index (κ1) is 30.5. The summed E-state index contributed by atoms with van der Waals surface area (Å²) < 4.78 is 19.3. The number of likely N-dealkylation sites (tertiary alicyclic amines) is 1. The molecule has 0 radical (unpaired) electrons. The van der Waals surface area contributed by atoms with Crippen molar-refractivity contribution < 1.29 is 18.7 Å². The Morgan fingerprint density at radius 1 is 1.12 bits per heavy atom. The molecule has 2 aromatic carbocycles. The standard InChI is InChI=1S/C34H47FN4O3/c1-5-39(29-11-14-42-15-12-29)32-18-27(26-8-6-25(7-9-26)20-38-13-10-28(35)21-38)17-30(24(32)4)33(40)36-19-31-22(2)16-23(3)37-34(31)41/h6-9,17-18,22-23,28-29,31H,5,10-16,19-21H2,1-4H3,(H,36,40)(H,37,41)/t22?,23?,28-,31?/m0/s1. The van der Waals surface area contributed by atoms with Crippen molar-refractivity contribution in [3.05, 3.63) is 53.1 Å². The molecule has 8 heteroatoms. The summed E-state index contributed by atoms with van der Waals surface area (Å²) in [5.41, 5.74) is 5.84. The van der Waals surface area contributed by atoms with Crippen LogP contribution < -0.4 is 15.5 Å². The van der Waals surface area contributed by atoms with Crippen molar-refractivity contribution in [1.29, 1.82) is 0 Å². The maximum atomic E-state index is 13.8. The number of nitrogens with one attached hydrogen (secondary N) is 2. The molecular weight excluding hydrogens is 531 g/mol. The normalized spacial score (nSPS) is 25.3. The predicted molar refractivity (Wildman–Crippen MR) is 165 cm³/mol. The summed E-state index contributed by atoms with van der Waals surface area (Å²) in [6.07, 6.45) is 2.70. The molecule has 3 aliphatic rings. The van der Waals surface area contributed by atoms with Crippen molar-refractivity contribution in [1.82, 2.24) is 15.5 Å². The van der Waals surface area contributed by atoms with Crippen molar-refractivity contribution in [2.24, 2.45) is 11.8 Å². The Labute approximate surface area is 250 Å². The van der Waals surface area contributed by atoms with Gasteiger partial charge in [0, 0.05) is 69.3 Å². The Morgan fingerprint density at radius 2 is 1.86 bits per heavy atom. The van der Waals surface area contributed by atoms with Crippen molar-refractivity contribution in [2.45, 2.75) is 78.2 Å². The molecule has 5 rings (SSSR count). The lowest BCUT2D eigenvalue weighted by molar-refractivity contribution is -0.129. The van der Waals surface area contributed by atoms with E-state index < -0.39 is 6.17 Å². The number of ether oxygens (including phenoxy) is 1. The number of hydrogen-bond donors (Lipinski definition) is 2. The molecule has 3 heterocycles. The second kappa shape index (κ2) is 13.6. The van der Waals surface area contributed by atoms with Crippen LogP contribution in [0, 0.1) is 18.8 Å². The molecule has 2 aromatic rings. The summed E-state index contributed by atoms with van der Waals surface area (Å²) in [4.78, 5) is 31.0. The number of nitrogens with zero attached hydrogens (tertiary/aromatic N) is 2. The Balaban J connectivity index is 1.42. The van der Waals surface area contributed by atoms with Gasteiger partial charge in [-0.15, -0.1) is 0 Å². The number of benzene rings is 2. The second-order valence-corrected chi connectivity index (χ2v) is 12.6. The minimum atomic E-state index is -0.726. The van der Waals surface area contributed by atoms with Gasteiger partial charge in [-0.1, -0.05) is 31.2 Å². The van der Waals surface area contributed by atoms with Crippen LogP contribution in [0.15, 0.2) is 36.4 Å². The Hall–Kier alpha value is -2.97. The smallest absolute Gasteiger partial charge is 0.251 e. The summed E-state index contributed by atoms with van der Waals surface area (Å²) in [7, 11) is 0. The zero-order chi connectivity index (χ0) is 29.8. The molecule has 7 nitrogen and oxygen atoms in total. The van der Waals surface area contributed by atoms with E-state index in [0.717, 1.165) is 80.1 Å². The van der Waals surface area contributed by atoms with E-state index in [1.54, 1.807) is 0 Å². The SMILES string of the molecule is CCN(c1cc(-c2ccc(CN3CC[C@H](F)C3)cc2)cc(C(=O)NCC2C(=O)NC(C)CC2C)c1C)C1CCOCC1. The maximum Gasteiger partial charge on any atom is 0.251 e. The molecule has 4 atom stereocenters. The zero-order valence-electron chi connectivity index (χ0n) is 25.6. The molecule has 0 aliphatic carbocycles. The maximum absolute atomic E-state index is 13.8. The zero-order valence-corrected chi connectivity index (χ0v) is 25.6. The van der Waals surface area contributed by atoms with Crippen molar-refractivity contribution in [3.63, 3.8) is 0 Å². The van der Waals surface area contributed by atoms with Crippen LogP contribution in [-0.2, 0) is 16.1 Å². The molecule has 2 N–H and O–H groups in total. The number of anilines is 1. The number of alkyl halides is 1. The van der Waals surface area contributed by atoms with E-state index in [1.807, 2.05) is 19.9 Å². The van der Waals surface area contributed by atoms with E-state index in [-0.39, 0.29) is 29.7 Å². The van der Waals surface area contributed by atoms with Gasteiger partial charge in [-0.05, 0) is 86.8 Å². The summed E-state index contributed by atoms with van der Waals surface area (Å²) in [5.74, 6) is -0.168. The molecule has 0 spiro atoms. The molecule has 3 unspecified atom stereocenters. The molecule has 2 amide bonds. The van der Waals surface area contributed by atoms with E-state index in [0.29, 0.717) is 31.1 Å².